The van der Waals surface area contributed by atoms with Crippen LogP contribution < -0.4 is 28.1 Å². The fraction of sp³-hybridized carbons (Fsp3) is 0.483. The van der Waals surface area contributed by atoms with Crippen LogP contribution >= 0.6 is 0 Å². The molecule has 2 aromatic heterocycles. The fourth-order valence-electron chi connectivity index (χ4n) is 10.9. The second kappa shape index (κ2) is 28.1. The molecule has 0 saturated heterocycles. The lowest BCUT2D eigenvalue weighted by molar-refractivity contribution is -0.672. The highest BCUT2D eigenvalue weighted by Gasteiger charge is 2.54. The van der Waals surface area contributed by atoms with Crippen molar-refractivity contribution in [3.05, 3.63) is 132 Å². The molecular weight excluding hydrogens is 1040 g/mol. The smallest absolute Gasteiger partial charge is 0.212 e. The molecule has 3 aliphatic rings. The highest BCUT2D eigenvalue weighted by molar-refractivity contribution is 7.85. The molecule has 420 valence electrons. The van der Waals surface area contributed by atoms with E-state index in [1.54, 1.807) is 0 Å². The summed E-state index contributed by atoms with van der Waals surface area (Å²) in [6, 6.07) is 33.2. The van der Waals surface area contributed by atoms with Gasteiger partial charge < -0.3 is 56.5 Å². The van der Waals surface area contributed by atoms with E-state index < -0.39 is 31.7 Å². The predicted octanol–water partition coefficient (Wildman–Crippen LogP) is 6.31. The summed E-state index contributed by atoms with van der Waals surface area (Å²) in [4.78, 5) is 0. The Bertz CT molecular complexity index is 2930. The summed E-state index contributed by atoms with van der Waals surface area (Å²) in [5.74, 6) is 0.689. The molecule has 20 heteroatoms. The Morgan fingerprint density at radius 2 is 0.718 bits per heavy atom. The molecule has 4 heterocycles. The Morgan fingerprint density at radius 1 is 0.385 bits per heavy atom. The standard InChI is InChI=1S/C58H70N2O16S2/c61-77(62,63)39-7-5-19-59-21-17-47(45-9-1-3-11-49(45)59)57-55(43-13-15-51-53(41-43)75-37-33-71-29-25-67-23-27-69-31-35-73-51)58(48-18-22-60(20-6-8-40-78(64,65)66)50-12-4-2-10-46(48)50)56(57)44-14-16-52-54(42-44)76-38-34-72-30-26-68-24-28-70-32-36-74-52/h1-4,9-18,21-22,41-42,55-58H,5-8,19-20,23-40H2. The third kappa shape index (κ3) is 15.4. The average Bonchev–Trinajstić information content (AvgIpc) is 3.59. The molecule has 4 aromatic carbocycles. The normalized spacial score (nSPS) is 20.8. The van der Waals surface area contributed by atoms with E-state index in [1.165, 1.54) is 0 Å². The van der Waals surface area contributed by atoms with Gasteiger partial charge in [0.25, 0.3) is 0 Å². The molecule has 0 unspecified atom stereocenters. The van der Waals surface area contributed by atoms with Gasteiger partial charge in [0, 0.05) is 59.4 Å². The maximum Gasteiger partial charge on any atom is 0.212 e. The zero-order chi connectivity index (χ0) is 54.2. The Morgan fingerprint density at radius 3 is 1.08 bits per heavy atom. The van der Waals surface area contributed by atoms with Gasteiger partial charge in [-0.2, -0.15) is 9.13 Å². The van der Waals surface area contributed by atoms with E-state index >= 15 is 0 Å². The Balaban J connectivity index is 1.20. The van der Waals surface area contributed by atoms with Crippen molar-refractivity contribution in [2.75, 3.05) is 117 Å². The second-order valence-corrected chi connectivity index (χ2v) is 22.5. The van der Waals surface area contributed by atoms with E-state index in [0.717, 1.165) is 44.1 Å². The molecule has 1 aliphatic carbocycles. The van der Waals surface area contributed by atoms with Gasteiger partial charge in [0.15, 0.2) is 35.4 Å². The molecule has 1 fully saturated rings. The number of hydrogen-bond acceptors (Lipinski definition) is 16. The summed E-state index contributed by atoms with van der Waals surface area (Å²) < 4.78 is 134. The summed E-state index contributed by atoms with van der Waals surface area (Å²) in [7, 11) is -8.70. The van der Waals surface area contributed by atoms with Crippen molar-refractivity contribution in [3.63, 3.8) is 0 Å². The minimum absolute atomic E-state index is 0.184. The Kier molecular flexibility index (Phi) is 20.6. The maximum atomic E-state index is 11.6. The molecular formula is C58H70N2O16S2. The summed E-state index contributed by atoms with van der Waals surface area (Å²) >= 11 is 0. The summed E-state index contributed by atoms with van der Waals surface area (Å²) in [5, 5.41) is 2.05. The summed E-state index contributed by atoms with van der Waals surface area (Å²) in [6.45, 7) is 7.02. The molecule has 2 aliphatic heterocycles. The van der Waals surface area contributed by atoms with E-state index in [9.17, 15) is 25.9 Å². The van der Waals surface area contributed by atoms with Crippen molar-refractivity contribution in [2.24, 2.45) is 0 Å². The van der Waals surface area contributed by atoms with Gasteiger partial charge in [-0.05, 0) is 95.2 Å². The number of fused-ring (bicyclic) bond motifs is 4. The fourth-order valence-corrected chi connectivity index (χ4v) is 12.0. The van der Waals surface area contributed by atoms with Crippen molar-refractivity contribution in [3.8, 4) is 23.0 Å². The van der Waals surface area contributed by atoms with Crippen molar-refractivity contribution in [1.29, 1.82) is 0 Å². The van der Waals surface area contributed by atoms with Gasteiger partial charge in [-0.15, -0.1) is 0 Å². The monoisotopic (exact) mass is 1110 g/mol. The van der Waals surface area contributed by atoms with Crippen molar-refractivity contribution >= 4 is 42.0 Å². The van der Waals surface area contributed by atoms with Crippen molar-refractivity contribution in [2.45, 2.75) is 62.4 Å². The van der Waals surface area contributed by atoms with Crippen LogP contribution in [0.25, 0.3) is 21.8 Å². The predicted molar refractivity (Wildman–Crippen MR) is 287 cm³/mol. The lowest BCUT2D eigenvalue weighted by Crippen LogP contribution is -2.42. The van der Waals surface area contributed by atoms with Crippen molar-refractivity contribution < 1.29 is 82.4 Å². The topological polar surface area (TPSA) is 214 Å². The van der Waals surface area contributed by atoms with Crippen LogP contribution in [0.2, 0.25) is 0 Å². The number of unbranched alkanes of at least 4 members (excludes halogenated alkanes) is 2. The maximum absolute atomic E-state index is 11.6. The first-order valence-electron chi connectivity index (χ1n) is 27.0. The van der Waals surface area contributed by atoms with Crippen LogP contribution in [0.1, 0.15) is 71.6 Å². The van der Waals surface area contributed by atoms with E-state index in [1.807, 2.05) is 36.4 Å². The average molecular weight is 1120 g/mol. The number of rotatable bonds is 14. The molecule has 1 saturated carbocycles. The van der Waals surface area contributed by atoms with Crippen LogP contribution in [-0.2, 0) is 61.7 Å². The van der Waals surface area contributed by atoms with Crippen LogP contribution in [0.4, 0.5) is 0 Å². The highest BCUT2D eigenvalue weighted by Crippen LogP contribution is 2.68. The minimum Gasteiger partial charge on any atom is -0.748 e. The number of pyridine rings is 2. The third-order valence-electron chi connectivity index (χ3n) is 14.4. The third-order valence-corrected chi connectivity index (χ3v) is 16.0. The quantitative estimate of drug-likeness (QED) is 0.0664. The van der Waals surface area contributed by atoms with Crippen LogP contribution in [0.15, 0.2) is 109 Å². The van der Waals surface area contributed by atoms with Gasteiger partial charge in [0.05, 0.1) is 99.5 Å². The number of nitrogens with zero attached hydrogens (tertiary/aromatic N) is 2. The first kappa shape index (κ1) is 57.2. The van der Waals surface area contributed by atoms with Crippen LogP contribution in [0.5, 0.6) is 23.0 Å². The van der Waals surface area contributed by atoms with Crippen LogP contribution in [-0.4, -0.2) is 143 Å². The molecule has 0 amide bonds. The van der Waals surface area contributed by atoms with Crippen molar-refractivity contribution in [1.82, 2.24) is 0 Å². The molecule has 0 radical (unpaired) electrons. The lowest BCUT2D eigenvalue weighted by atomic mass is 9.48. The van der Waals surface area contributed by atoms with Gasteiger partial charge in [-0.25, -0.2) is 16.8 Å². The highest BCUT2D eigenvalue weighted by atomic mass is 32.2. The number of aromatic nitrogens is 2. The number of hydrogen-bond donors (Lipinski definition) is 0. The van der Waals surface area contributed by atoms with Crippen LogP contribution in [0, 0.1) is 0 Å². The number of aryl methyl sites for hydroxylation is 2. The van der Waals surface area contributed by atoms with E-state index in [-0.39, 0.29) is 49.7 Å². The molecule has 18 nitrogen and oxygen atoms in total. The molecule has 0 atom stereocenters. The molecule has 0 bridgehead atoms. The molecule has 6 aromatic rings. The largest absolute Gasteiger partial charge is 0.748 e. The molecule has 0 spiro atoms. The van der Waals surface area contributed by atoms with Gasteiger partial charge in [0.2, 0.25) is 11.0 Å². The van der Waals surface area contributed by atoms with E-state index in [2.05, 4.69) is 82.2 Å². The Labute approximate surface area is 456 Å². The van der Waals surface area contributed by atoms with E-state index in [0.29, 0.717) is 141 Å². The second-order valence-electron chi connectivity index (χ2n) is 19.5. The SMILES string of the molecule is O=S(=O)([O-])CCCC[n+]1ccc(C2C(c3ccc4c(c3)OCCOCCOCCOCCO4)C(c3cc[n+](CCCCS(=O)(=O)[O-])c4ccccc34)C2c2ccc3c(c2)OCCOCCOCCOCCO3)c2ccccc21. The van der Waals surface area contributed by atoms with Gasteiger partial charge in [-0.1, -0.05) is 36.4 Å². The number of para-hydroxylation sites is 2. The number of benzene rings is 4. The van der Waals surface area contributed by atoms with Crippen LogP contribution in [0.3, 0.4) is 0 Å². The Hall–Kier alpha value is -5.52. The molecule has 78 heavy (non-hydrogen) atoms. The summed E-state index contributed by atoms with van der Waals surface area (Å²) in [6.07, 6.45) is 5.60. The molecule has 0 N–H and O–H groups in total. The zero-order valence-corrected chi connectivity index (χ0v) is 45.5. The first-order chi connectivity index (χ1) is 38.0. The van der Waals surface area contributed by atoms with Gasteiger partial charge in [0.1, 0.15) is 39.5 Å². The minimum atomic E-state index is -4.35. The van der Waals surface area contributed by atoms with Gasteiger partial charge >= 0.3 is 0 Å². The zero-order valence-electron chi connectivity index (χ0n) is 43.9. The first-order valence-corrected chi connectivity index (χ1v) is 30.1. The van der Waals surface area contributed by atoms with E-state index in [4.69, 9.17) is 47.4 Å². The summed E-state index contributed by atoms with van der Waals surface area (Å²) in [5.41, 5.74) is 6.15. The van der Waals surface area contributed by atoms with Gasteiger partial charge in [-0.3, -0.25) is 0 Å². The number of ether oxygens (including phenoxy) is 10. The molecule has 9 rings (SSSR count). The lowest BCUT2D eigenvalue weighted by Gasteiger charge is -2.54.